The molecule has 162 valence electrons. The number of carbonyl (C=O) groups excluding carboxylic acids is 1. The zero-order valence-electron chi connectivity index (χ0n) is 17.4. The first-order chi connectivity index (χ1) is 15.7. The number of ether oxygens (including phenoxy) is 2. The summed E-state index contributed by atoms with van der Waals surface area (Å²) in [7, 11) is 0. The van der Waals surface area contributed by atoms with E-state index in [9.17, 15) is 4.79 Å². The van der Waals surface area contributed by atoms with E-state index in [1.165, 1.54) is 17.0 Å². The van der Waals surface area contributed by atoms with Gasteiger partial charge in [0, 0.05) is 0 Å². The number of nitrogens with one attached hydrogen (secondary N) is 1. The third-order valence-corrected chi connectivity index (χ3v) is 5.51. The largest absolute Gasteiger partial charge is 0.490 e. The number of hydrazone groups is 1. The van der Waals surface area contributed by atoms with Gasteiger partial charge in [-0.05, 0) is 75.7 Å². The Morgan fingerprint density at radius 3 is 2.75 bits per heavy atom. The minimum Gasteiger partial charge on any atom is -0.490 e. The topological polar surface area (TPSA) is 73.1 Å². The van der Waals surface area contributed by atoms with Gasteiger partial charge in [-0.1, -0.05) is 42.5 Å². The van der Waals surface area contributed by atoms with Crippen LogP contribution < -0.4 is 14.9 Å². The molecule has 1 amide bonds. The van der Waals surface area contributed by atoms with Crippen molar-refractivity contribution >= 4 is 45.5 Å². The molecule has 0 spiro atoms. The maximum atomic E-state index is 11.9. The molecule has 3 aromatic carbocycles. The molecule has 6 nitrogen and oxygen atoms in total. The van der Waals surface area contributed by atoms with Crippen molar-refractivity contribution in [2.75, 3.05) is 6.61 Å². The van der Waals surface area contributed by atoms with Crippen LogP contribution in [0.5, 0.6) is 11.5 Å². The quantitative estimate of drug-likeness (QED) is 0.175. The third kappa shape index (κ3) is 5.11. The molecule has 0 bridgehead atoms. The number of amides is 1. The van der Waals surface area contributed by atoms with Crippen LogP contribution in [-0.4, -0.2) is 18.7 Å². The second-order valence-corrected chi connectivity index (χ2v) is 8.03. The summed E-state index contributed by atoms with van der Waals surface area (Å²) in [4.78, 5) is 11.9. The molecule has 1 N–H and O–H groups in total. The predicted octanol–water partition coefficient (Wildman–Crippen LogP) is 5.78. The predicted molar refractivity (Wildman–Crippen MR) is 132 cm³/mol. The van der Waals surface area contributed by atoms with Crippen LogP contribution in [0, 0.1) is 3.57 Å². The summed E-state index contributed by atoms with van der Waals surface area (Å²) in [5, 5.41) is 6.36. The van der Waals surface area contributed by atoms with Gasteiger partial charge >= 0.3 is 5.91 Å². The summed E-state index contributed by atoms with van der Waals surface area (Å²) >= 11 is 2.22. The standard InChI is InChI=1S/C25H21IN2O4/c1-2-30-23-14-17(15-27-28-25(29)22-11-6-12-31-22)13-21(26)24(23)32-16-19-9-5-8-18-7-3-4-10-20(18)19/h3-15H,2,16H2,1H3,(H,28,29). The van der Waals surface area contributed by atoms with Crippen molar-refractivity contribution in [1.29, 1.82) is 0 Å². The highest BCUT2D eigenvalue weighted by Gasteiger charge is 2.13. The molecule has 4 rings (SSSR count). The smallest absolute Gasteiger partial charge is 0.307 e. The summed E-state index contributed by atoms with van der Waals surface area (Å²) in [5.74, 6) is 1.08. The molecule has 4 aromatic rings. The Morgan fingerprint density at radius 2 is 1.94 bits per heavy atom. The van der Waals surface area contributed by atoms with E-state index >= 15 is 0 Å². The van der Waals surface area contributed by atoms with Crippen molar-refractivity contribution in [2.24, 2.45) is 5.10 Å². The first-order valence-electron chi connectivity index (χ1n) is 10.1. The van der Waals surface area contributed by atoms with Gasteiger partial charge in [0.2, 0.25) is 0 Å². The van der Waals surface area contributed by atoms with E-state index in [1.54, 1.807) is 18.3 Å². The Labute approximate surface area is 199 Å². The van der Waals surface area contributed by atoms with Crippen LogP contribution in [0.2, 0.25) is 0 Å². The van der Waals surface area contributed by atoms with Gasteiger partial charge in [-0.3, -0.25) is 4.79 Å². The Balaban J connectivity index is 1.52. The summed E-state index contributed by atoms with van der Waals surface area (Å²) < 4.78 is 18.0. The lowest BCUT2D eigenvalue weighted by Gasteiger charge is -2.15. The zero-order valence-corrected chi connectivity index (χ0v) is 19.5. The van der Waals surface area contributed by atoms with Crippen LogP contribution in [0.3, 0.4) is 0 Å². The molecule has 0 saturated heterocycles. The van der Waals surface area contributed by atoms with E-state index < -0.39 is 5.91 Å². The summed E-state index contributed by atoms with van der Waals surface area (Å²) in [6, 6.07) is 21.4. The molecule has 0 aliphatic rings. The fourth-order valence-electron chi connectivity index (χ4n) is 3.26. The molecular weight excluding hydrogens is 519 g/mol. The molecule has 0 atom stereocenters. The van der Waals surface area contributed by atoms with Crippen LogP contribution in [0.25, 0.3) is 10.8 Å². The Morgan fingerprint density at radius 1 is 1.09 bits per heavy atom. The average Bonchev–Trinajstić information content (AvgIpc) is 3.34. The molecule has 0 aliphatic heterocycles. The van der Waals surface area contributed by atoms with Gasteiger partial charge in [-0.25, -0.2) is 5.43 Å². The van der Waals surface area contributed by atoms with Crippen molar-refractivity contribution in [3.8, 4) is 11.5 Å². The Hall–Kier alpha value is -3.33. The lowest BCUT2D eigenvalue weighted by atomic mass is 10.1. The Kier molecular flexibility index (Phi) is 7.06. The van der Waals surface area contributed by atoms with Crippen molar-refractivity contribution in [3.63, 3.8) is 0 Å². The highest BCUT2D eigenvalue weighted by atomic mass is 127. The Bertz CT molecular complexity index is 1250. The van der Waals surface area contributed by atoms with Crippen LogP contribution in [0.4, 0.5) is 0 Å². The van der Waals surface area contributed by atoms with Gasteiger partial charge in [-0.2, -0.15) is 5.10 Å². The fourth-order valence-corrected chi connectivity index (χ4v) is 4.04. The molecular formula is C25H21IN2O4. The maximum absolute atomic E-state index is 11.9. The normalized spacial score (nSPS) is 11.1. The number of fused-ring (bicyclic) bond motifs is 1. The second kappa shape index (κ2) is 10.3. The molecule has 32 heavy (non-hydrogen) atoms. The third-order valence-electron chi connectivity index (χ3n) is 4.71. The second-order valence-electron chi connectivity index (χ2n) is 6.87. The van der Waals surface area contributed by atoms with Gasteiger partial charge in [0.1, 0.15) is 6.61 Å². The van der Waals surface area contributed by atoms with Gasteiger partial charge in [0.25, 0.3) is 0 Å². The van der Waals surface area contributed by atoms with Crippen molar-refractivity contribution < 1.29 is 18.7 Å². The first kappa shape index (κ1) is 21.9. The first-order valence-corrected chi connectivity index (χ1v) is 11.2. The van der Waals surface area contributed by atoms with E-state index in [0.29, 0.717) is 24.7 Å². The van der Waals surface area contributed by atoms with Gasteiger partial charge in [0.15, 0.2) is 17.3 Å². The van der Waals surface area contributed by atoms with E-state index in [2.05, 4.69) is 57.4 Å². The number of rotatable bonds is 8. The minimum atomic E-state index is -0.416. The van der Waals surface area contributed by atoms with Gasteiger partial charge < -0.3 is 13.9 Å². The van der Waals surface area contributed by atoms with Crippen LogP contribution in [-0.2, 0) is 6.61 Å². The van der Waals surface area contributed by atoms with Gasteiger partial charge in [0.05, 0.1) is 22.7 Å². The van der Waals surface area contributed by atoms with Crippen molar-refractivity contribution in [1.82, 2.24) is 5.43 Å². The number of hydrogen-bond donors (Lipinski definition) is 1. The number of carbonyl (C=O) groups is 1. The molecule has 0 fully saturated rings. The maximum Gasteiger partial charge on any atom is 0.307 e. The molecule has 0 unspecified atom stereocenters. The number of benzene rings is 3. The molecule has 0 saturated carbocycles. The average molecular weight is 540 g/mol. The van der Waals surface area contributed by atoms with E-state index in [0.717, 1.165) is 14.7 Å². The zero-order chi connectivity index (χ0) is 22.3. The lowest BCUT2D eigenvalue weighted by molar-refractivity contribution is 0.0927. The molecule has 0 aliphatic carbocycles. The SMILES string of the molecule is CCOc1cc(C=NNC(=O)c2ccco2)cc(I)c1OCc1cccc2ccccc12. The van der Waals surface area contributed by atoms with Crippen LogP contribution in [0.1, 0.15) is 28.6 Å². The van der Waals surface area contributed by atoms with Crippen LogP contribution in [0.15, 0.2) is 82.5 Å². The molecule has 0 radical (unpaired) electrons. The van der Waals surface area contributed by atoms with Crippen LogP contribution >= 0.6 is 22.6 Å². The fraction of sp³-hybridized carbons (Fsp3) is 0.120. The minimum absolute atomic E-state index is 0.198. The van der Waals surface area contributed by atoms with Crippen molar-refractivity contribution in [3.05, 3.63) is 93.5 Å². The molecule has 1 aromatic heterocycles. The van der Waals surface area contributed by atoms with Gasteiger partial charge in [-0.15, -0.1) is 0 Å². The molecule has 1 heterocycles. The number of furan rings is 1. The highest BCUT2D eigenvalue weighted by molar-refractivity contribution is 14.1. The summed E-state index contributed by atoms with van der Waals surface area (Å²) in [5.41, 5.74) is 4.32. The van der Waals surface area contributed by atoms with E-state index in [1.807, 2.05) is 37.3 Å². The monoisotopic (exact) mass is 540 g/mol. The van der Waals surface area contributed by atoms with E-state index in [-0.39, 0.29) is 5.76 Å². The number of halogens is 1. The summed E-state index contributed by atoms with van der Waals surface area (Å²) in [6.07, 6.45) is 2.99. The number of nitrogens with zero attached hydrogens (tertiary/aromatic N) is 1. The number of hydrogen-bond acceptors (Lipinski definition) is 5. The lowest BCUT2D eigenvalue weighted by Crippen LogP contribution is -2.16. The molecule has 7 heteroatoms. The van der Waals surface area contributed by atoms with E-state index in [4.69, 9.17) is 13.9 Å². The highest BCUT2D eigenvalue weighted by Crippen LogP contribution is 2.35. The van der Waals surface area contributed by atoms with Crippen molar-refractivity contribution in [2.45, 2.75) is 13.5 Å². The summed E-state index contributed by atoms with van der Waals surface area (Å²) in [6.45, 7) is 2.84.